The van der Waals surface area contributed by atoms with Gasteiger partial charge < -0.3 is 9.47 Å². The van der Waals surface area contributed by atoms with Crippen LogP contribution in [-0.2, 0) is 20.0 Å². The Kier molecular flexibility index (Phi) is 3.15. The Bertz CT molecular complexity index is 941. The van der Waals surface area contributed by atoms with Gasteiger partial charge in [-0.05, 0) is 23.9 Å². The third-order valence-electron chi connectivity index (χ3n) is 5.50. The summed E-state index contributed by atoms with van der Waals surface area (Å²) in [6.45, 7) is 2.55. The molecule has 3 aromatic rings. The van der Waals surface area contributed by atoms with Gasteiger partial charge in [0, 0.05) is 44.7 Å². The van der Waals surface area contributed by atoms with Crippen LogP contribution in [-0.4, -0.2) is 43.2 Å². The molecule has 7 heteroatoms. The molecule has 0 bridgehead atoms. The molecular weight excluding hydrogens is 334 g/mol. The molecule has 0 radical (unpaired) electrons. The molecule has 0 saturated carbocycles. The standard InChI is InChI=1S/C18H19N5OS/c1-21-13(4-6-20-21)17(24)22-7-5-18(11-22)9-16-19-10-14(23(16)12-18)15-3-2-8-25-15/h2-4,6,8,10H,5,7,9,11-12H2,1H3/t18-/m0/s1. The van der Waals surface area contributed by atoms with Crippen LogP contribution in [0.2, 0.25) is 0 Å². The van der Waals surface area contributed by atoms with Crippen molar-refractivity contribution in [2.24, 2.45) is 12.5 Å². The van der Waals surface area contributed by atoms with Gasteiger partial charge in [0.25, 0.3) is 5.91 Å². The lowest BCUT2D eigenvalue weighted by atomic mass is 9.86. The molecule has 25 heavy (non-hydrogen) atoms. The third-order valence-corrected chi connectivity index (χ3v) is 6.40. The first-order chi connectivity index (χ1) is 12.2. The molecule has 5 rings (SSSR count). The zero-order valence-electron chi connectivity index (χ0n) is 14.1. The fraction of sp³-hybridized carbons (Fsp3) is 0.389. The van der Waals surface area contributed by atoms with Crippen LogP contribution in [0.1, 0.15) is 22.7 Å². The number of amides is 1. The lowest BCUT2D eigenvalue weighted by Crippen LogP contribution is -2.34. The molecule has 1 saturated heterocycles. The van der Waals surface area contributed by atoms with E-state index in [1.165, 1.54) is 10.6 Å². The quantitative estimate of drug-likeness (QED) is 0.711. The molecule has 0 aromatic carbocycles. The van der Waals surface area contributed by atoms with Crippen molar-refractivity contribution in [3.05, 3.63) is 47.5 Å². The molecule has 0 aliphatic carbocycles. The van der Waals surface area contributed by atoms with Crippen molar-refractivity contribution in [3.8, 4) is 10.6 Å². The second-order valence-electron chi connectivity index (χ2n) is 7.12. The molecule has 3 aromatic heterocycles. The Hall–Kier alpha value is -2.41. The van der Waals surface area contributed by atoms with Gasteiger partial charge in [-0.1, -0.05) is 6.07 Å². The van der Waals surface area contributed by atoms with Gasteiger partial charge in [-0.15, -0.1) is 11.3 Å². The van der Waals surface area contributed by atoms with E-state index < -0.39 is 0 Å². The lowest BCUT2D eigenvalue weighted by Gasteiger charge is -2.23. The number of likely N-dealkylation sites (tertiary alicyclic amines) is 1. The van der Waals surface area contributed by atoms with Gasteiger partial charge in [-0.2, -0.15) is 5.10 Å². The van der Waals surface area contributed by atoms with E-state index in [0.717, 1.165) is 38.3 Å². The Morgan fingerprint density at radius 1 is 1.32 bits per heavy atom. The van der Waals surface area contributed by atoms with Crippen molar-refractivity contribution in [2.75, 3.05) is 13.1 Å². The fourth-order valence-corrected chi connectivity index (χ4v) is 4.95. The van der Waals surface area contributed by atoms with E-state index in [1.54, 1.807) is 28.3 Å². The summed E-state index contributed by atoms with van der Waals surface area (Å²) in [6.07, 6.45) is 5.65. The number of imidazole rings is 1. The van der Waals surface area contributed by atoms with Crippen LogP contribution in [0.4, 0.5) is 0 Å². The molecule has 1 spiro atoms. The number of carbonyl (C=O) groups excluding carboxylic acids is 1. The second-order valence-corrected chi connectivity index (χ2v) is 8.06. The van der Waals surface area contributed by atoms with E-state index in [2.05, 4.69) is 32.2 Å². The van der Waals surface area contributed by atoms with Crippen LogP contribution in [0.15, 0.2) is 36.0 Å². The predicted octanol–water partition coefficient (Wildman–Crippen LogP) is 2.43. The maximum absolute atomic E-state index is 12.8. The van der Waals surface area contributed by atoms with Crippen LogP contribution in [0.5, 0.6) is 0 Å². The summed E-state index contributed by atoms with van der Waals surface area (Å²) in [5.74, 6) is 1.23. The van der Waals surface area contributed by atoms with Crippen molar-refractivity contribution in [1.82, 2.24) is 24.2 Å². The molecule has 5 heterocycles. The first-order valence-corrected chi connectivity index (χ1v) is 9.39. The number of aryl methyl sites for hydroxylation is 1. The van der Waals surface area contributed by atoms with Gasteiger partial charge in [-0.3, -0.25) is 9.48 Å². The number of thiophene rings is 1. The number of fused-ring (bicyclic) bond motifs is 1. The number of aromatic nitrogens is 4. The van der Waals surface area contributed by atoms with E-state index in [1.807, 2.05) is 18.1 Å². The number of hydrogen-bond acceptors (Lipinski definition) is 4. The number of carbonyl (C=O) groups is 1. The molecule has 0 unspecified atom stereocenters. The summed E-state index contributed by atoms with van der Waals surface area (Å²) in [7, 11) is 1.82. The molecule has 1 atom stereocenters. The van der Waals surface area contributed by atoms with E-state index in [0.29, 0.717) is 5.69 Å². The Balaban J connectivity index is 1.38. The van der Waals surface area contributed by atoms with Crippen molar-refractivity contribution in [2.45, 2.75) is 19.4 Å². The highest BCUT2D eigenvalue weighted by Gasteiger charge is 2.46. The van der Waals surface area contributed by atoms with Crippen LogP contribution in [0, 0.1) is 5.41 Å². The minimum absolute atomic E-state index is 0.0832. The Morgan fingerprint density at radius 3 is 3.00 bits per heavy atom. The maximum atomic E-state index is 12.8. The molecule has 0 N–H and O–H groups in total. The molecule has 2 aliphatic heterocycles. The normalized spacial score (nSPS) is 22.0. The van der Waals surface area contributed by atoms with Crippen molar-refractivity contribution in [1.29, 1.82) is 0 Å². The molecule has 6 nitrogen and oxygen atoms in total. The maximum Gasteiger partial charge on any atom is 0.272 e. The average Bonchev–Trinajstić information content (AvgIpc) is 3.36. The van der Waals surface area contributed by atoms with Crippen LogP contribution >= 0.6 is 11.3 Å². The van der Waals surface area contributed by atoms with E-state index in [4.69, 9.17) is 0 Å². The highest BCUT2D eigenvalue weighted by molar-refractivity contribution is 7.13. The summed E-state index contributed by atoms with van der Waals surface area (Å²) < 4.78 is 4.01. The third kappa shape index (κ3) is 2.26. The van der Waals surface area contributed by atoms with E-state index >= 15 is 0 Å². The largest absolute Gasteiger partial charge is 0.337 e. The summed E-state index contributed by atoms with van der Waals surface area (Å²) in [5, 5.41) is 6.22. The van der Waals surface area contributed by atoms with Crippen LogP contribution in [0.3, 0.4) is 0 Å². The molecule has 128 valence electrons. The Morgan fingerprint density at radius 2 is 2.24 bits per heavy atom. The smallest absolute Gasteiger partial charge is 0.272 e. The first-order valence-electron chi connectivity index (χ1n) is 8.51. The van der Waals surface area contributed by atoms with Crippen molar-refractivity contribution in [3.63, 3.8) is 0 Å². The summed E-state index contributed by atoms with van der Waals surface area (Å²) in [6, 6.07) is 6.02. The zero-order chi connectivity index (χ0) is 17.0. The second kappa shape index (κ2) is 5.29. The van der Waals surface area contributed by atoms with Crippen molar-refractivity contribution >= 4 is 17.2 Å². The van der Waals surface area contributed by atoms with Crippen LogP contribution in [0.25, 0.3) is 10.6 Å². The average molecular weight is 353 g/mol. The molecule has 1 fully saturated rings. The monoisotopic (exact) mass is 353 g/mol. The van der Waals surface area contributed by atoms with Crippen molar-refractivity contribution < 1.29 is 4.79 Å². The minimum atomic E-state index is 0.0832. The van der Waals surface area contributed by atoms with E-state index in [9.17, 15) is 4.79 Å². The minimum Gasteiger partial charge on any atom is -0.337 e. The zero-order valence-corrected chi connectivity index (χ0v) is 14.9. The Labute approximate surface area is 149 Å². The van der Waals surface area contributed by atoms with Gasteiger partial charge in [-0.25, -0.2) is 4.98 Å². The van der Waals surface area contributed by atoms with Gasteiger partial charge in [0.1, 0.15) is 11.5 Å². The van der Waals surface area contributed by atoms with Gasteiger partial charge >= 0.3 is 0 Å². The van der Waals surface area contributed by atoms with E-state index in [-0.39, 0.29) is 11.3 Å². The highest BCUT2D eigenvalue weighted by atomic mass is 32.1. The molecule has 1 amide bonds. The summed E-state index contributed by atoms with van der Waals surface area (Å²) in [4.78, 5) is 20.7. The molecular formula is C18H19N5OS. The number of rotatable bonds is 2. The molecule has 2 aliphatic rings. The summed E-state index contributed by atoms with van der Waals surface area (Å²) >= 11 is 1.75. The van der Waals surface area contributed by atoms with Gasteiger partial charge in [0.2, 0.25) is 0 Å². The topological polar surface area (TPSA) is 56.0 Å². The first kappa shape index (κ1) is 14.9. The number of hydrogen-bond donors (Lipinski definition) is 0. The SMILES string of the molecule is Cn1nccc1C(=O)N1CC[C@]2(Cc3ncc(-c4cccs4)n3C2)C1. The fourth-order valence-electron chi connectivity index (χ4n) is 4.21. The predicted molar refractivity (Wildman–Crippen MR) is 95.4 cm³/mol. The van der Waals surface area contributed by atoms with Gasteiger partial charge in [0.15, 0.2) is 0 Å². The summed E-state index contributed by atoms with van der Waals surface area (Å²) in [5.41, 5.74) is 1.99. The number of nitrogens with zero attached hydrogens (tertiary/aromatic N) is 5. The highest BCUT2D eigenvalue weighted by Crippen LogP contribution is 2.43. The van der Waals surface area contributed by atoms with Gasteiger partial charge in [0.05, 0.1) is 16.8 Å². The van der Waals surface area contributed by atoms with Crippen LogP contribution < -0.4 is 0 Å². The lowest BCUT2D eigenvalue weighted by molar-refractivity contribution is 0.0761.